The van der Waals surface area contributed by atoms with E-state index in [-0.39, 0.29) is 5.91 Å². The Labute approximate surface area is 96.5 Å². The Hall–Kier alpha value is -1.35. The molecule has 0 fully saturated rings. The molecule has 3 heteroatoms. The summed E-state index contributed by atoms with van der Waals surface area (Å²) in [6.07, 6.45) is 0.599. The van der Waals surface area contributed by atoms with Crippen LogP contribution in [-0.4, -0.2) is 23.9 Å². The molecule has 0 aromatic heterocycles. The molecule has 1 aromatic rings. The molecule has 0 saturated carbocycles. The summed E-state index contributed by atoms with van der Waals surface area (Å²) >= 11 is 0. The highest BCUT2D eigenvalue weighted by molar-refractivity contribution is 5.77. The lowest BCUT2D eigenvalue weighted by Crippen LogP contribution is -2.28. The van der Waals surface area contributed by atoms with Gasteiger partial charge in [-0.1, -0.05) is 31.2 Å². The second kappa shape index (κ2) is 5.12. The predicted octanol–water partition coefficient (Wildman–Crippen LogP) is 1.53. The number of fused-ring (bicyclic) bond motifs is 1. The smallest absolute Gasteiger partial charge is 0.224 e. The third kappa shape index (κ3) is 2.42. The average Bonchev–Trinajstić information content (AvgIpc) is 2.73. The lowest BCUT2D eigenvalue weighted by molar-refractivity contribution is -0.131. The zero-order valence-electron chi connectivity index (χ0n) is 9.70. The van der Waals surface area contributed by atoms with Gasteiger partial charge in [0.1, 0.15) is 0 Å². The molecule has 0 bridgehead atoms. The molecule has 3 nitrogen and oxygen atoms in total. The summed E-state index contributed by atoms with van der Waals surface area (Å²) in [6, 6.07) is 8.27. The normalized spacial score (nSPS) is 13.9. The molecule has 2 rings (SSSR count). The standard InChI is InChI=1S/C13H18N2O/c1-2-14-8-7-13(16)15-9-11-5-3-4-6-12(11)10-15/h3-6,14H,2,7-10H2,1H3. The number of nitrogens with one attached hydrogen (secondary N) is 1. The van der Waals surface area contributed by atoms with Crippen molar-refractivity contribution in [3.8, 4) is 0 Å². The number of carbonyl (C=O) groups excluding carboxylic acids is 1. The second-order valence-corrected chi connectivity index (χ2v) is 4.12. The molecule has 1 heterocycles. The topological polar surface area (TPSA) is 32.3 Å². The molecule has 1 aliphatic rings. The molecule has 1 aromatic carbocycles. The molecule has 1 amide bonds. The fourth-order valence-corrected chi connectivity index (χ4v) is 2.04. The first kappa shape index (κ1) is 11.1. The summed E-state index contributed by atoms with van der Waals surface area (Å²) in [4.78, 5) is 13.8. The second-order valence-electron chi connectivity index (χ2n) is 4.12. The highest BCUT2D eigenvalue weighted by Crippen LogP contribution is 2.22. The van der Waals surface area contributed by atoms with Crippen LogP contribution in [0.15, 0.2) is 24.3 Å². The molecule has 0 atom stereocenters. The monoisotopic (exact) mass is 218 g/mol. The van der Waals surface area contributed by atoms with Crippen LogP contribution in [0.3, 0.4) is 0 Å². The van der Waals surface area contributed by atoms with Crippen LogP contribution in [-0.2, 0) is 17.9 Å². The maximum Gasteiger partial charge on any atom is 0.224 e. The van der Waals surface area contributed by atoms with Crippen molar-refractivity contribution < 1.29 is 4.79 Å². The van der Waals surface area contributed by atoms with Crippen molar-refractivity contribution in [3.05, 3.63) is 35.4 Å². The van der Waals surface area contributed by atoms with Gasteiger partial charge in [-0.05, 0) is 17.7 Å². The van der Waals surface area contributed by atoms with Crippen molar-refractivity contribution in [2.75, 3.05) is 13.1 Å². The molecular weight excluding hydrogens is 200 g/mol. The summed E-state index contributed by atoms with van der Waals surface area (Å²) < 4.78 is 0. The highest BCUT2D eigenvalue weighted by Gasteiger charge is 2.21. The Morgan fingerprint density at radius 3 is 2.50 bits per heavy atom. The van der Waals surface area contributed by atoms with E-state index in [1.54, 1.807) is 0 Å². The summed E-state index contributed by atoms with van der Waals surface area (Å²) in [6.45, 7) is 5.31. The molecule has 0 aliphatic carbocycles. The van der Waals surface area contributed by atoms with Crippen molar-refractivity contribution in [2.45, 2.75) is 26.4 Å². The Balaban J connectivity index is 1.88. The first-order valence-electron chi connectivity index (χ1n) is 5.86. The third-order valence-electron chi connectivity index (χ3n) is 2.96. The summed E-state index contributed by atoms with van der Waals surface area (Å²) in [5, 5.41) is 3.18. The molecule has 0 radical (unpaired) electrons. The van der Waals surface area contributed by atoms with Crippen LogP contribution < -0.4 is 5.32 Å². The van der Waals surface area contributed by atoms with E-state index in [1.165, 1.54) is 11.1 Å². The van der Waals surface area contributed by atoms with Gasteiger partial charge < -0.3 is 10.2 Å². The molecular formula is C13H18N2O. The lowest BCUT2D eigenvalue weighted by atomic mass is 10.1. The van der Waals surface area contributed by atoms with Gasteiger partial charge in [-0.15, -0.1) is 0 Å². The quantitative estimate of drug-likeness (QED) is 0.777. The van der Waals surface area contributed by atoms with E-state index in [4.69, 9.17) is 0 Å². The summed E-state index contributed by atoms with van der Waals surface area (Å²) in [5.74, 6) is 0.247. The number of benzene rings is 1. The van der Waals surface area contributed by atoms with Crippen LogP contribution in [0.2, 0.25) is 0 Å². The number of rotatable bonds is 4. The van der Waals surface area contributed by atoms with Gasteiger partial charge in [0.2, 0.25) is 5.91 Å². The van der Waals surface area contributed by atoms with Crippen LogP contribution in [0.25, 0.3) is 0 Å². The van der Waals surface area contributed by atoms with E-state index >= 15 is 0 Å². The Bertz CT molecular complexity index is 351. The van der Waals surface area contributed by atoms with Gasteiger partial charge in [-0.25, -0.2) is 0 Å². The lowest BCUT2D eigenvalue weighted by Gasteiger charge is -2.15. The van der Waals surface area contributed by atoms with Gasteiger partial charge >= 0.3 is 0 Å². The maximum absolute atomic E-state index is 11.9. The van der Waals surface area contributed by atoms with Crippen molar-refractivity contribution in [2.24, 2.45) is 0 Å². The van der Waals surface area contributed by atoms with Gasteiger partial charge in [0, 0.05) is 26.1 Å². The van der Waals surface area contributed by atoms with E-state index in [0.717, 1.165) is 26.2 Å². The molecule has 0 saturated heterocycles. The van der Waals surface area contributed by atoms with E-state index in [2.05, 4.69) is 24.4 Å². The number of nitrogens with zero attached hydrogens (tertiary/aromatic N) is 1. The maximum atomic E-state index is 11.9. The van der Waals surface area contributed by atoms with Gasteiger partial charge in [-0.3, -0.25) is 4.79 Å². The van der Waals surface area contributed by atoms with E-state index in [9.17, 15) is 4.79 Å². The molecule has 86 valence electrons. The third-order valence-corrected chi connectivity index (χ3v) is 2.96. The fraction of sp³-hybridized carbons (Fsp3) is 0.462. The van der Waals surface area contributed by atoms with E-state index < -0.39 is 0 Å². The Kier molecular flexibility index (Phi) is 3.57. The van der Waals surface area contributed by atoms with Crippen LogP contribution in [0.4, 0.5) is 0 Å². The first-order valence-corrected chi connectivity index (χ1v) is 5.86. The van der Waals surface area contributed by atoms with Crippen LogP contribution in [0, 0.1) is 0 Å². The van der Waals surface area contributed by atoms with Crippen molar-refractivity contribution in [1.29, 1.82) is 0 Å². The minimum atomic E-state index is 0.247. The first-order chi connectivity index (χ1) is 7.81. The molecule has 1 aliphatic heterocycles. The van der Waals surface area contributed by atoms with Crippen molar-refractivity contribution in [1.82, 2.24) is 10.2 Å². The zero-order chi connectivity index (χ0) is 11.4. The van der Waals surface area contributed by atoms with Gasteiger partial charge in [0.25, 0.3) is 0 Å². The highest BCUT2D eigenvalue weighted by atomic mass is 16.2. The van der Waals surface area contributed by atoms with E-state index in [0.29, 0.717) is 6.42 Å². The zero-order valence-corrected chi connectivity index (χ0v) is 9.70. The van der Waals surface area contributed by atoms with Crippen molar-refractivity contribution in [3.63, 3.8) is 0 Å². The molecule has 16 heavy (non-hydrogen) atoms. The number of amides is 1. The summed E-state index contributed by atoms with van der Waals surface area (Å²) in [7, 11) is 0. The minimum absolute atomic E-state index is 0.247. The fourth-order valence-electron chi connectivity index (χ4n) is 2.04. The van der Waals surface area contributed by atoms with Crippen LogP contribution in [0.1, 0.15) is 24.5 Å². The van der Waals surface area contributed by atoms with Crippen LogP contribution >= 0.6 is 0 Å². The number of hydrogen-bond acceptors (Lipinski definition) is 2. The molecule has 0 spiro atoms. The van der Waals surface area contributed by atoms with Crippen LogP contribution in [0.5, 0.6) is 0 Å². The Morgan fingerprint density at radius 1 is 1.31 bits per heavy atom. The summed E-state index contributed by atoms with van der Waals surface area (Å²) in [5.41, 5.74) is 2.58. The number of carbonyl (C=O) groups is 1. The van der Waals surface area contributed by atoms with Gasteiger partial charge in [0.15, 0.2) is 0 Å². The van der Waals surface area contributed by atoms with Gasteiger partial charge in [0.05, 0.1) is 0 Å². The van der Waals surface area contributed by atoms with E-state index in [1.807, 2.05) is 17.0 Å². The molecule has 0 unspecified atom stereocenters. The SMILES string of the molecule is CCNCCC(=O)N1Cc2ccccc2C1. The largest absolute Gasteiger partial charge is 0.334 e. The number of hydrogen-bond donors (Lipinski definition) is 1. The minimum Gasteiger partial charge on any atom is -0.334 e. The van der Waals surface area contributed by atoms with Crippen molar-refractivity contribution >= 4 is 5.91 Å². The molecule has 1 N–H and O–H groups in total. The predicted molar refractivity (Wildman–Crippen MR) is 63.9 cm³/mol. The van der Waals surface area contributed by atoms with Gasteiger partial charge in [-0.2, -0.15) is 0 Å². The average molecular weight is 218 g/mol. The Morgan fingerprint density at radius 2 is 1.94 bits per heavy atom.